The maximum atomic E-state index is 15.0. The van der Waals surface area contributed by atoms with Crippen LogP contribution in [0.25, 0.3) is 33.4 Å². The first kappa shape index (κ1) is 49.8. The number of hydrogen-bond donors (Lipinski definition) is 2. The number of ether oxygens (including phenoxy) is 2. The maximum Gasteiger partial charge on any atom is 0.324 e. The standard InChI is InChI=1S/C52H69N9O7S/c1-12-43(62)57(8)40-26-41(40)58(9)50(66)59(10)45(30(3)4)47(63)55-52(20-21-52)36-25-42-54-38(28-69-42)32-18-19-39-34(24-32)35(46(60(39)13-2)33-16-14-22-53-44(33)31(5)67-11)27-51(6,7)29-68-49(65)37-17-15-23-61(56-37)48(36)64/h12,14,16,18-19,22,24,28,30-31,36-37,40-41,45,56H,1,13,15,17,20-21,23,25-27,29H2,2-11H3,(H,55,63)/t31-,36?,37-,40+,41+,45-/m0/s1. The number of amides is 5. The number of aromatic nitrogens is 3. The van der Waals surface area contributed by atoms with Crippen LogP contribution in [0.5, 0.6) is 0 Å². The van der Waals surface area contributed by atoms with Crippen LogP contribution in [0, 0.1) is 17.3 Å². The number of carbonyl (C=O) groups excluding carboxylic acids is 5. The predicted octanol–water partition coefficient (Wildman–Crippen LogP) is 6.78. The molecule has 0 radical (unpaired) electrons. The number of urea groups is 1. The van der Waals surface area contributed by atoms with E-state index in [4.69, 9.17) is 19.4 Å². The van der Waals surface area contributed by atoms with E-state index < -0.39 is 34.9 Å². The summed E-state index contributed by atoms with van der Waals surface area (Å²) in [6.45, 7) is 17.0. The molecule has 0 spiro atoms. The number of methoxy groups -OCH3 is 1. The number of pyridine rings is 1. The minimum atomic E-state index is -0.920. The highest BCUT2D eigenvalue weighted by Crippen LogP contribution is 2.47. The summed E-state index contributed by atoms with van der Waals surface area (Å²) in [5.41, 5.74) is 8.60. The van der Waals surface area contributed by atoms with E-state index in [1.165, 1.54) is 22.3 Å². The van der Waals surface area contributed by atoms with Crippen LogP contribution < -0.4 is 10.7 Å². The summed E-state index contributed by atoms with van der Waals surface area (Å²) in [4.78, 5) is 84.7. The minimum absolute atomic E-state index is 0.141. The van der Waals surface area contributed by atoms with E-state index in [2.05, 4.69) is 66.9 Å². The van der Waals surface area contributed by atoms with Gasteiger partial charge >= 0.3 is 12.0 Å². The molecule has 2 aliphatic carbocycles. The lowest BCUT2D eigenvalue weighted by atomic mass is 9.84. The largest absolute Gasteiger partial charge is 0.464 e. The van der Waals surface area contributed by atoms with Crippen molar-refractivity contribution < 1.29 is 33.4 Å². The van der Waals surface area contributed by atoms with Gasteiger partial charge in [0.15, 0.2) is 0 Å². The van der Waals surface area contributed by atoms with Gasteiger partial charge in [-0.3, -0.25) is 29.2 Å². The van der Waals surface area contributed by atoms with Crippen molar-refractivity contribution in [3.05, 3.63) is 70.8 Å². The lowest BCUT2D eigenvalue weighted by Gasteiger charge is -2.39. The van der Waals surface area contributed by atoms with E-state index in [9.17, 15) is 19.2 Å². The molecule has 2 aliphatic heterocycles. The number of esters is 1. The number of nitrogens with zero attached hydrogens (tertiary/aromatic N) is 7. The zero-order chi connectivity index (χ0) is 49.7. The quantitative estimate of drug-likeness (QED) is 0.114. The lowest BCUT2D eigenvalue weighted by molar-refractivity contribution is -0.156. The third kappa shape index (κ3) is 9.78. The van der Waals surface area contributed by atoms with Crippen LogP contribution in [0.1, 0.15) is 96.0 Å². The summed E-state index contributed by atoms with van der Waals surface area (Å²) in [6, 6.07) is 8.25. The molecule has 6 bridgehead atoms. The third-order valence-electron chi connectivity index (χ3n) is 14.8. The topological polar surface area (TPSA) is 172 Å². The summed E-state index contributed by atoms with van der Waals surface area (Å²) >= 11 is 1.48. The highest BCUT2D eigenvalue weighted by atomic mass is 32.1. The molecule has 17 heteroatoms. The molecule has 2 saturated carbocycles. The van der Waals surface area contributed by atoms with Gasteiger partial charge in [0.05, 0.1) is 58.3 Å². The van der Waals surface area contributed by atoms with E-state index in [1.54, 1.807) is 49.3 Å². The Kier molecular flexibility index (Phi) is 14.2. The Hall–Kier alpha value is -5.65. The molecule has 3 fully saturated rings. The average Bonchev–Trinajstić information content (AvgIpc) is 4.24. The molecule has 1 saturated heterocycles. The van der Waals surface area contributed by atoms with E-state index >= 15 is 4.79 Å². The zero-order valence-electron chi connectivity index (χ0n) is 41.8. The molecule has 2 N–H and O–H groups in total. The highest BCUT2D eigenvalue weighted by Gasteiger charge is 2.56. The summed E-state index contributed by atoms with van der Waals surface area (Å²) < 4.78 is 14.3. The first-order valence-corrected chi connectivity index (χ1v) is 25.2. The highest BCUT2D eigenvalue weighted by molar-refractivity contribution is 7.10. The molecule has 4 aliphatic rings. The Balaban J connectivity index is 1.14. The smallest absolute Gasteiger partial charge is 0.324 e. The molecule has 8 rings (SSSR count). The van der Waals surface area contributed by atoms with Gasteiger partial charge in [-0.15, -0.1) is 11.3 Å². The zero-order valence-corrected chi connectivity index (χ0v) is 42.7. The molecule has 1 aromatic carbocycles. The molecule has 6 atom stereocenters. The summed E-state index contributed by atoms with van der Waals surface area (Å²) in [6.07, 6.45) is 6.45. The molecule has 69 heavy (non-hydrogen) atoms. The summed E-state index contributed by atoms with van der Waals surface area (Å²) in [5.74, 6) is -2.22. The Morgan fingerprint density at radius 1 is 1.10 bits per heavy atom. The number of aryl methyl sites for hydroxylation is 1. The van der Waals surface area contributed by atoms with Gasteiger partial charge in [-0.25, -0.2) is 15.2 Å². The number of carbonyl (C=O) groups is 5. The number of hydrogen-bond acceptors (Lipinski definition) is 11. The van der Waals surface area contributed by atoms with Crippen molar-refractivity contribution >= 4 is 52.0 Å². The first-order chi connectivity index (χ1) is 32.8. The number of fused-ring (bicyclic) bond motifs is 6. The second kappa shape index (κ2) is 19.6. The normalized spacial score (nSPS) is 22.8. The number of nitrogens with one attached hydrogen (secondary N) is 2. The van der Waals surface area contributed by atoms with Crippen molar-refractivity contribution in [3.63, 3.8) is 0 Å². The van der Waals surface area contributed by atoms with Gasteiger partial charge in [-0.05, 0) is 94.2 Å². The van der Waals surface area contributed by atoms with E-state index in [1.807, 2.05) is 32.2 Å². The molecule has 3 aromatic heterocycles. The van der Waals surface area contributed by atoms with Gasteiger partial charge in [-0.2, -0.15) is 0 Å². The molecular formula is C52H69N9O7S. The lowest BCUT2D eigenvalue weighted by Crippen LogP contribution is -2.61. The van der Waals surface area contributed by atoms with Crippen LogP contribution in [0.15, 0.2) is 54.6 Å². The monoisotopic (exact) mass is 964 g/mol. The van der Waals surface area contributed by atoms with Crippen LogP contribution in [0.2, 0.25) is 0 Å². The van der Waals surface area contributed by atoms with Crippen molar-refractivity contribution in [1.29, 1.82) is 0 Å². The molecule has 5 amide bonds. The Labute approximate surface area is 409 Å². The number of cyclic esters (lactones) is 1. The Morgan fingerprint density at radius 2 is 1.84 bits per heavy atom. The number of benzene rings is 1. The molecule has 370 valence electrons. The van der Waals surface area contributed by atoms with Crippen LogP contribution >= 0.6 is 11.3 Å². The van der Waals surface area contributed by atoms with Gasteiger partial charge in [0.25, 0.3) is 0 Å². The number of hydrazine groups is 1. The molecular weight excluding hydrogens is 895 g/mol. The van der Waals surface area contributed by atoms with E-state index in [0.29, 0.717) is 51.6 Å². The third-order valence-corrected chi connectivity index (χ3v) is 15.7. The van der Waals surface area contributed by atoms with Crippen LogP contribution in [0.4, 0.5) is 4.79 Å². The molecule has 1 unspecified atom stereocenters. The van der Waals surface area contributed by atoms with Gasteiger partial charge in [0.2, 0.25) is 17.7 Å². The van der Waals surface area contributed by atoms with Crippen LogP contribution in [-0.4, -0.2) is 135 Å². The number of likely N-dealkylation sites (N-methyl/N-ethyl adjacent to an activating group) is 3. The van der Waals surface area contributed by atoms with Crippen molar-refractivity contribution in [1.82, 2.24) is 45.0 Å². The number of rotatable bonds is 12. The van der Waals surface area contributed by atoms with Gasteiger partial charge < -0.3 is 34.1 Å². The van der Waals surface area contributed by atoms with Crippen LogP contribution in [0.3, 0.4) is 0 Å². The van der Waals surface area contributed by atoms with Crippen molar-refractivity contribution in [2.24, 2.45) is 17.3 Å². The van der Waals surface area contributed by atoms with Crippen molar-refractivity contribution in [3.8, 4) is 22.5 Å². The second-order valence-corrected chi connectivity index (χ2v) is 21.6. The Bertz CT molecular complexity index is 2640. The minimum Gasteiger partial charge on any atom is -0.464 e. The van der Waals surface area contributed by atoms with Gasteiger partial charge in [-0.1, -0.05) is 40.3 Å². The average molecular weight is 964 g/mol. The van der Waals surface area contributed by atoms with Crippen LogP contribution in [-0.2, 0) is 48.0 Å². The number of thiazole rings is 1. The fourth-order valence-corrected chi connectivity index (χ4v) is 11.5. The second-order valence-electron chi connectivity index (χ2n) is 20.6. The van der Waals surface area contributed by atoms with Gasteiger partial charge in [0.1, 0.15) is 12.1 Å². The van der Waals surface area contributed by atoms with Crippen molar-refractivity contribution in [2.45, 2.75) is 129 Å². The molecule has 4 aromatic rings. The predicted molar refractivity (Wildman–Crippen MR) is 266 cm³/mol. The fourth-order valence-electron chi connectivity index (χ4n) is 10.6. The molecule has 16 nitrogen and oxygen atoms in total. The maximum absolute atomic E-state index is 15.0. The Morgan fingerprint density at radius 3 is 2.52 bits per heavy atom. The van der Waals surface area contributed by atoms with E-state index in [0.717, 1.165) is 49.7 Å². The summed E-state index contributed by atoms with van der Waals surface area (Å²) in [5, 5.41) is 8.71. The summed E-state index contributed by atoms with van der Waals surface area (Å²) in [7, 11) is 6.72. The molecule has 5 heterocycles. The van der Waals surface area contributed by atoms with Gasteiger partial charge in [0, 0.05) is 86.8 Å². The fraction of sp³-hybridized carbons (Fsp3) is 0.558. The SMILES string of the molecule is C=CC(=O)N(C)[C@@H]1C[C@H]1N(C)C(=O)N(C)[C@H](C(=O)NC1(C2Cc3nc(cs3)-c3ccc4c(c3)c(c(-c3cccnc3[C@H](C)OC)n4CC)CC(C)(C)COC(=O)[C@@H]3CCCN(N3)C2=O)CC1)C(C)C. The first-order valence-electron chi connectivity index (χ1n) is 24.4. The van der Waals surface area contributed by atoms with Crippen molar-refractivity contribution in [2.75, 3.05) is 41.4 Å². The van der Waals surface area contributed by atoms with E-state index in [-0.39, 0.29) is 60.9 Å².